The van der Waals surface area contributed by atoms with Crippen LogP contribution in [-0.4, -0.2) is 57.3 Å². The van der Waals surface area contributed by atoms with Gasteiger partial charge >= 0.3 is 0 Å². The molecule has 0 radical (unpaired) electrons. The van der Waals surface area contributed by atoms with Crippen LogP contribution >= 0.6 is 0 Å². The second-order valence-electron chi connectivity index (χ2n) is 8.21. The number of unbranched alkanes of at least 4 members (excludes halogenated alkanes) is 1. The largest absolute Gasteiger partial charge is 0.493 e. The van der Waals surface area contributed by atoms with Crippen molar-refractivity contribution in [2.75, 3.05) is 34.4 Å². The van der Waals surface area contributed by atoms with Crippen LogP contribution in [0.15, 0.2) is 23.2 Å². The Labute approximate surface area is 169 Å². The van der Waals surface area contributed by atoms with Crippen molar-refractivity contribution in [2.45, 2.75) is 62.9 Å². The lowest BCUT2D eigenvalue weighted by molar-refractivity contribution is 0.161. The number of fused-ring (bicyclic) bond motifs is 1. The Hall–Kier alpha value is -1.95. The van der Waals surface area contributed by atoms with Gasteiger partial charge in [0.1, 0.15) is 0 Å². The first-order valence-corrected chi connectivity index (χ1v) is 10.5. The molecule has 1 aromatic rings. The Morgan fingerprint density at radius 3 is 2.79 bits per heavy atom. The molecule has 3 rings (SSSR count). The summed E-state index contributed by atoms with van der Waals surface area (Å²) in [5.74, 6) is 2.20. The predicted molar refractivity (Wildman–Crippen MR) is 114 cm³/mol. The van der Waals surface area contributed by atoms with Gasteiger partial charge < -0.3 is 25.4 Å². The normalized spacial score (nSPS) is 28.1. The highest BCUT2D eigenvalue weighted by Crippen LogP contribution is 2.49. The summed E-state index contributed by atoms with van der Waals surface area (Å²) in [6, 6.07) is 7.31. The Balaban J connectivity index is 1.77. The third-order valence-electron chi connectivity index (χ3n) is 6.63. The number of methoxy groups -OCH3 is 2. The summed E-state index contributed by atoms with van der Waals surface area (Å²) in [4.78, 5) is 6.98. The Morgan fingerprint density at radius 1 is 1.29 bits per heavy atom. The number of hydrogen-bond donors (Lipinski definition) is 2. The molecule has 1 saturated carbocycles. The number of guanidine groups is 1. The fraction of sp³-hybridized carbons (Fsp3) is 0.682. The van der Waals surface area contributed by atoms with Gasteiger partial charge in [-0.3, -0.25) is 4.99 Å². The van der Waals surface area contributed by atoms with E-state index < -0.39 is 0 Å². The first kappa shape index (κ1) is 20.8. The molecule has 0 unspecified atom stereocenters. The van der Waals surface area contributed by atoms with Crippen molar-refractivity contribution in [1.82, 2.24) is 10.2 Å². The van der Waals surface area contributed by atoms with Gasteiger partial charge in [0.25, 0.3) is 0 Å². The van der Waals surface area contributed by atoms with E-state index in [9.17, 15) is 0 Å². The summed E-state index contributed by atoms with van der Waals surface area (Å²) < 4.78 is 11.0. The van der Waals surface area contributed by atoms with Gasteiger partial charge in [0.15, 0.2) is 17.5 Å². The lowest BCUT2D eigenvalue weighted by Crippen LogP contribution is -2.52. The molecule has 1 aliphatic carbocycles. The molecular formula is C22H36N4O2. The van der Waals surface area contributed by atoms with E-state index in [1.807, 2.05) is 6.07 Å². The van der Waals surface area contributed by atoms with Crippen LogP contribution < -0.4 is 20.5 Å². The fourth-order valence-electron chi connectivity index (χ4n) is 5.01. The summed E-state index contributed by atoms with van der Waals surface area (Å²) in [5.41, 5.74) is 7.66. The maximum absolute atomic E-state index is 6.13. The Bertz CT molecular complexity index is 693. The summed E-state index contributed by atoms with van der Waals surface area (Å²) in [6.45, 7) is 4.09. The molecule has 0 amide bonds. The molecule has 28 heavy (non-hydrogen) atoms. The maximum atomic E-state index is 6.13. The number of likely N-dealkylation sites (N-methyl/N-ethyl adjacent to an activating group) is 1. The van der Waals surface area contributed by atoms with Crippen molar-refractivity contribution in [3.8, 4) is 11.5 Å². The second kappa shape index (κ2) is 9.03. The monoisotopic (exact) mass is 388 g/mol. The van der Waals surface area contributed by atoms with Crippen molar-refractivity contribution in [1.29, 1.82) is 0 Å². The Kier molecular flexibility index (Phi) is 6.70. The van der Waals surface area contributed by atoms with E-state index in [1.165, 1.54) is 12.0 Å². The first-order valence-electron chi connectivity index (χ1n) is 10.5. The number of nitrogens with two attached hydrogens (primary N) is 1. The van der Waals surface area contributed by atoms with Gasteiger partial charge in [0.2, 0.25) is 0 Å². The molecule has 3 atom stereocenters. The van der Waals surface area contributed by atoms with E-state index in [4.69, 9.17) is 15.2 Å². The molecule has 1 saturated heterocycles. The smallest absolute Gasteiger partial charge is 0.188 e. The highest BCUT2D eigenvalue weighted by Gasteiger charge is 2.50. The van der Waals surface area contributed by atoms with E-state index in [0.717, 1.165) is 56.7 Å². The molecule has 1 aliphatic heterocycles. The summed E-state index contributed by atoms with van der Waals surface area (Å²) in [6.07, 6.45) is 6.72. The first-order chi connectivity index (χ1) is 13.5. The van der Waals surface area contributed by atoms with E-state index >= 15 is 0 Å². The lowest BCUT2D eigenvalue weighted by Gasteiger charge is -2.45. The number of nitrogens with zero attached hydrogens (tertiary/aromatic N) is 2. The third kappa shape index (κ3) is 4.07. The highest BCUT2D eigenvalue weighted by atomic mass is 16.5. The third-order valence-corrected chi connectivity index (χ3v) is 6.63. The van der Waals surface area contributed by atoms with E-state index in [1.54, 1.807) is 14.2 Å². The quantitative estimate of drug-likeness (QED) is 0.427. The van der Waals surface area contributed by atoms with Crippen LogP contribution in [0.5, 0.6) is 11.5 Å². The molecule has 156 valence electrons. The Morgan fingerprint density at radius 2 is 2.07 bits per heavy atom. The van der Waals surface area contributed by atoms with Crippen LogP contribution in [0.1, 0.15) is 51.0 Å². The van der Waals surface area contributed by atoms with Crippen LogP contribution in [0, 0.1) is 0 Å². The molecule has 0 aromatic heterocycles. The minimum absolute atomic E-state index is 0.167. The van der Waals surface area contributed by atoms with Crippen LogP contribution in [-0.2, 0) is 5.41 Å². The lowest BCUT2D eigenvalue weighted by atomic mass is 9.65. The average molecular weight is 389 g/mol. The number of nitrogens with one attached hydrogen (secondary N) is 1. The summed E-state index contributed by atoms with van der Waals surface area (Å²) in [7, 11) is 5.64. The van der Waals surface area contributed by atoms with Crippen LogP contribution in [0.25, 0.3) is 0 Å². The van der Waals surface area contributed by atoms with Crippen molar-refractivity contribution in [2.24, 2.45) is 10.7 Å². The van der Waals surface area contributed by atoms with Crippen LogP contribution in [0.3, 0.4) is 0 Å². The van der Waals surface area contributed by atoms with Gasteiger partial charge in [0, 0.05) is 24.0 Å². The number of rotatable bonds is 7. The van der Waals surface area contributed by atoms with Crippen LogP contribution in [0.2, 0.25) is 0 Å². The van der Waals surface area contributed by atoms with E-state index in [-0.39, 0.29) is 5.41 Å². The van der Waals surface area contributed by atoms with Gasteiger partial charge in [-0.25, -0.2) is 0 Å². The predicted octanol–water partition coefficient (Wildman–Crippen LogP) is 2.90. The van der Waals surface area contributed by atoms with E-state index in [0.29, 0.717) is 18.0 Å². The van der Waals surface area contributed by atoms with Crippen molar-refractivity contribution in [3.05, 3.63) is 23.8 Å². The van der Waals surface area contributed by atoms with Gasteiger partial charge in [-0.05, 0) is 63.4 Å². The molecule has 6 nitrogen and oxygen atoms in total. The zero-order valence-electron chi connectivity index (χ0n) is 17.8. The van der Waals surface area contributed by atoms with Gasteiger partial charge in [-0.15, -0.1) is 0 Å². The molecule has 0 bridgehead atoms. The number of ether oxygens (including phenoxy) is 2. The molecule has 2 aliphatic rings. The van der Waals surface area contributed by atoms with Gasteiger partial charge in [-0.2, -0.15) is 0 Å². The van der Waals surface area contributed by atoms with Crippen molar-refractivity contribution < 1.29 is 9.47 Å². The number of likely N-dealkylation sites (tertiary alicyclic amines) is 1. The molecule has 1 heterocycles. The molecule has 1 aromatic carbocycles. The zero-order valence-corrected chi connectivity index (χ0v) is 17.8. The van der Waals surface area contributed by atoms with Crippen molar-refractivity contribution in [3.63, 3.8) is 0 Å². The fourth-order valence-corrected chi connectivity index (χ4v) is 5.01. The topological polar surface area (TPSA) is 72.1 Å². The number of aliphatic imine (C=N–C) groups is 1. The molecule has 6 heteroatoms. The summed E-state index contributed by atoms with van der Waals surface area (Å²) in [5, 5.41) is 3.48. The number of benzene rings is 1. The van der Waals surface area contributed by atoms with Crippen molar-refractivity contribution >= 4 is 5.96 Å². The molecule has 3 N–H and O–H groups in total. The SMILES string of the molecule is CCCCN=C(N)N[C@H]1CC[C@@]2(c3ccc(OC)c(OC)c3)CCN(C)[C@H]2C1. The summed E-state index contributed by atoms with van der Waals surface area (Å²) >= 11 is 0. The van der Waals surface area contributed by atoms with Crippen LogP contribution in [0.4, 0.5) is 0 Å². The molecular weight excluding hydrogens is 352 g/mol. The maximum Gasteiger partial charge on any atom is 0.188 e. The highest BCUT2D eigenvalue weighted by molar-refractivity contribution is 5.78. The molecule has 2 fully saturated rings. The average Bonchev–Trinajstić information content (AvgIpc) is 3.05. The zero-order chi connectivity index (χ0) is 20.1. The minimum Gasteiger partial charge on any atom is -0.493 e. The van der Waals surface area contributed by atoms with E-state index in [2.05, 4.69) is 41.3 Å². The second-order valence-corrected chi connectivity index (χ2v) is 8.21. The standard InChI is InChI=1S/C22H36N4O2/c1-5-6-12-24-21(23)25-17-9-10-22(11-13-26(2)20(22)15-17)16-7-8-18(27-3)19(14-16)28-4/h7-8,14,17,20H,5-6,9-13,15H2,1-4H3,(H3,23,24,25)/t17-,20-,22-/m0/s1. The van der Waals surface area contributed by atoms with Gasteiger partial charge in [0.05, 0.1) is 14.2 Å². The number of hydrogen-bond acceptors (Lipinski definition) is 4. The minimum atomic E-state index is 0.167. The van der Waals surface area contributed by atoms with Gasteiger partial charge in [-0.1, -0.05) is 19.4 Å². The molecule has 0 spiro atoms.